The van der Waals surface area contributed by atoms with Gasteiger partial charge in [-0.25, -0.2) is 0 Å². The maximum atomic E-state index is 11.2. The number of quaternary nitrogens is 1. The van der Waals surface area contributed by atoms with Crippen LogP contribution < -0.4 is 9.22 Å². The molecule has 0 aliphatic rings. The molecule has 19 heavy (non-hydrogen) atoms. The van der Waals surface area contributed by atoms with Crippen LogP contribution in [0.5, 0.6) is 5.75 Å². The molecule has 1 aromatic rings. The molecular formula is C10H15N2O6S+. The molecule has 1 N–H and O–H groups in total. The molecule has 9 heteroatoms. The summed E-state index contributed by atoms with van der Waals surface area (Å²) in [6.07, 6.45) is 0. The summed E-state index contributed by atoms with van der Waals surface area (Å²) in [6, 6.07) is 2.04. The fraction of sp³-hybridized carbons (Fsp3) is 0.400. The van der Waals surface area contributed by atoms with Gasteiger partial charge in [0.15, 0.2) is 0 Å². The molecule has 8 nitrogen and oxygen atoms in total. The second-order valence-corrected chi connectivity index (χ2v) is 6.13. The Morgan fingerprint density at radius 2 is 1.84 bits per heavy atom. The lowest BCUT2D eigenvalue weighted by Gasteiger charge is -2.23. The first-order valence-corrected chi connectivity index (χ1v) is 6.58. The molecule has 0 unspecified atom stereocenters. The predicted molar refractivity (Wildman–Crippen MR) is 69.0 cm³/mol. The van der Waals surface area contributed by atoms with Crippen molar-refractivity contribution in [3.8, 4) is 5.75 Å². The average Bonchev–Trinajstić information content (AvgIpc) is 2.24. The van der Waals surface area contributed by atoms with Gasteiger partial charge in [-0.1, -0.05) is 0 Å². The summed E-state index contributed by atoms with van der Waals surface area (Å²) in [5.74, 6) is -0.142. The quantitative estimate of drug-likeness (QED) is 0.384. The molecule has 0 radical (unpaired) electrons. The van der Waals surface area contributed by atoms with Gasteiger partial charge in [0, 0.05) is 12.1 Å². The molecule has 0 aliphatic heterocycles. The van der Waals surface area contributed by atoms with E-state index in [0.29, 0.717) is 0 Å². The van der Waals surface area contributed by atoms with Gasteiger partial charge in [-0.05, 0) is 0 Å². The van der Waals surface area contributed by atoms with Crippen LogP contribution in [0, 0.1) is 10.1 Å². The Kier molecular flexibility index (Phi) is 3.84. The van der Waals surface area contributed by atoms with Crippen LogP contribution in [-0.2, 0) is 10.1 Å². The van der Waals surface area contributed by atoms with Crippen LogP contribution >= 0.6 is 0 Å². The molecule has 1 aromatic carbocycles. The smallest absolute Gasteiger partial charge is 0.331 e. The molecule has 0 aliphatic carbocycles. The third kappa shape index (κ3) is 3.19. The van der Waals surface area contributed by atoms with Gasteiger partial charge < -0.3 is 4.74 Å². The van der Waals surface area contributed by atoms with Crippen molar-refractivity contribution >= 4 is 21.5 Å². The fourth-order valence-corrected chi connectivity index (χ4v) is 2.24. The van der Waals surface area contributed by atoms with Gasteiger partial charge in [0.1, 0.15) is 10.6 Å². The lowest BCUT2D eigenvalue weighted by molar-refractivity contribution is -0.384. The highest BCUT2D eigenvalue weighted by molar-refractivity contribution is 7.86. The Morgan fingerprint density at radius 3 is 2.16 bits per heavy atom. The highest BCUT2D eigenvalue weighted by Crippen LogP contribution is 2.38. The lowest BCUT2D eigenvalue weighted by Crippen LogP contribution is -2.35. The van der Waals surface area contributed by atoms with Crippen LogP contribution in [0.25, 0.3) is 0 Å². The molecule has 106 valence electrons. The number of nitrogens with zero attached hydrogens (tertiary/aromatic N) is 2. The summed E-state index contributed by atoms with van der Waals surface area (Å²) in [5.41, 5.74) is -0.143. The molecule has 0 spiro atoms. The molecule has 0 atom stereocenters. The molecule has 0 saturated carbocycles. The van der Waals surface area contributed by atoms with Crippen molar-refractivity contribution in [3.05, 3.63) is 22.2 Å². The monoisotopic (exact) mass is 291 g/mol. The van der Waals surface area contributed by atoms with Crippen molar-refractivity contribution < 1.29 is 22.6 Å². The van der Waals surface area contributed by atoms with Crippen LogP contribution in [-0.4, -0.2) is 46.1 Å². The van der Waals surface area contributed by atoms with Gasteiger partial charge in [0.25, 0.3) is 10.1 Å². The Morgan fingerprint density at radius 1 is 1.32 bits per heavy atom. The number of methoxy groups -OCH3 is 1. The van der Waals surface area contributed by atoms with Crippen molar-refractivity contribution in [1.29, 1.82) is 0 Å². The van der Waals surface area contributed by atoms with Crippen LogP contribution in [0.15, 0.2) is 17.0 Å². The van der Waals surface area contributed by atoms with E-state index >= 15 is 0 Å². The molecule has 0 fully saturated rings. The van der Waals surface area contributed by atoms with Gasteiger partial charge >= 0.3 is 5.69 Å². The summed E-state index contributed by atoms with van der Waals surface area (Å²) >= 11 is 0. The maximum Gasteiger partial charge on any atom is 0.331 e. The van der Waals surface area contributed by atoms with Gasteiger partial charge in [-0.3, -0.25) is 19.2 Å². The van der Waals surface area contributed by atoms with Gasteiger partial charge in [0.2, 0.25) is 5.69 Å². The van der Waals surface area contributed by atoms with Gasteiger partial charge in [-0.2, -0.15) is 8.42 Å². The second kappa shape index (κ2) is 4.76. The Labute approximate surface area is 110 Å². The first kappa shape index (κ1) is 15.3. The molecule has 1 rings (SSSR count). The zero-order valence-electron chi connectivity index (χ0n) is 10.9. The highest BCUT2D eigenvalue weighted by Gasteiger charge is 2.31. The van der Waals surface area contributed by atoms with Crippen molar-refractivity contribution in [2.45, 2.75) is 4.90 Å². The van der Waals surface area contributed by atoms with Crippen LogP contribution in [0.4, 0.5) is 11.4 Å². The van der Waals surface area contributed by atoms with E-state index in [1.54, 1.807) is 21.1 Å². The Hall–Kier alpha value is -1.71. The van der Waals surface area contributed by atoms with Crippen molar-refractivity contribution in [2.75, 3.05) is 28.3 Å². The van der Waals surface area contributed by atoms with E-state index in [0.717, 1.165) is 6.07 Å². The predicted octanol–water partition coefficient (Wildman–Crippen LogP) is 1.05. The Balaban J connectivity index is 3.76. The van der Waals surface area contributed by atoms with Crippen LogP contribution in [0.3, 0.4) is 0 Å². The van der Waals surface area contributed by atoms with Gasteiger partial charge in [0.05, 0.1) is 33.2 Å². The van der Waals surface area contributed by atoms with E-state index in [4.69, 9.17) is 9.29 Å². The third-order valence-corrected chi connectivity index (χ3v) is 3.33. The topological polar surface area (TPSA) is 107 Å². The van der Waals surface area contributed by atoms with E-state index in [9.17, 15) is 18.5 Å². The molecular weight excluding hydrogens is 276 g/mol. The van der Waals surface area contributed by atoms with E-state index < -0.39 is 25.6 Å². The summed E-state index contributed by atoms with van der Waals surface area (Å²) in [4.78, 5) is 9.70. The standard InChI is InChI=1S/C10H14N2O6S/c1-12(2,3)8-6-9(18-4)10(19(15,16)17)5-7(8)11(13)14/h5-6H,1-4H3/p+1. The fourth-order valence-electron chi connectivity index (χ4n) is 1.58. The number of nitro benzene ring substituents is 1. The number of ether oxygens (including phenoxy) is 1. The highest BCUT2D eigenvalue weighted by atomic mass is 32.2. The van der Waals surface area contributed by atoms with E-state index in [1.807, 2.05) is 0 Å². The molecule has 0 saturated heterocycles. The number of nitro groups is 1. The minimum absolute atomic E-state index is 0.0957. The minimum atomic E-state index is -4.60. The molecule has 0 amide bonds. The Bertz CT molecular complexity index is 618. The van der Waals surface area contributed by atoms with Gasteiger partial charge in [-0.15, -0.1) is 0 Å². The average molecular weight is 291 g/mol. The molecule has 0 heterocycles. The second-order valence-electron chi connectivity index (χ2n) is 4.74. The minimum Gasteiger partial charge on any atom is -0.495 e. The normalized spacial score (nSPS) is 12.3. The molecule has 0 bridgehead atoms. The van der Waals surface area contributed by atoms with Crippen molar-refractivity contribution in [1.82, 2.24) is 4.48 Å². The van der Waals surface area contributed by atoms with Crippen LogP contribution in [0.2, 0.25) is 0 Å². The zero-order valence-corrected chi connectivity index (χ0v) is 11.8. The summed E-state index contributed by atoms with van der Waals surface area (Å²) in [7, 11) is 1.69. The van der Waals surface area contributed by atoms with E-state index in [1.165, 1.54) is 13.2 Å². The summed E-state index contributed by atoms with van der Waals surface area (Å²) < 4.78 is 36.4. The van der Waals surface area contributed by atoms with E-state index in [-0.39, 0.29) is 15.9 Å². The number of benzene rings is 1. The van der Waals surface area contributed by atoms with Crippen molar-refractivity contribution in [2.24, 2.45) is 0 Å². The SMILES string of the molecule is COc1cc([N+](C)(C)C)c([N+](=O)[O-])cc1S(=O)(=O)O. The van der Waals surface area contributed by atoms with Crippen molar-refractivity contribution in [3.63, 3.8) is 0 Å². The zero-order chi connectivity index (χ0) is 15.0. The first-order valence-electron chi connectivity index (χ1n) is 5.14. The third-order valence-electron chi connectivity index (χ3n) is 2.46. The maximum absolute atomic E-state index is 11.2. The number of hydrogen-bond donors (Lipinski definition) is 1. The first-order chi connectivity index (χ1) is 8.48. The van der Waals surface area contributed by atoms with Crippen LogP contribution in [0.1, 0.15) is 0 Å². The summed E-state index contributed by atoms with van der Waals surface area (Å²) in [6.45, 7) is 0. The number of rotatable bonds is 4. The number of hydrogen-bond acceptors (Lipinski definition) is 5. The molecule has 0 aromatic heterocycles. The van der Waals surface area contributed by atoms with E-state index in [2.05, 4.69) is 0 Å². The largest absolute Gasteiger partial charge is 0.495 e. The summed E-state index contributed by atoms with van der Waals surface area (Å²) in [5, 5.41) is 11.0. The lowest BCUT2D eigenvalue weighted by atomic mass is 10.2.